The summed E-state index contributed by atoms with van der Waals surface area (Å²) in [5.41, 5.74) is -0.274. The van der Waals surface area contributed by atoms with Gasteiger partial charge < -0.3 is 14.4 Å². The molecule has 1 aromatic carbocycles. The lowest BCUT2D eigenvalue weighted by molar-refractivity contribution is -0.0239. The lowest BCUT2D eigenvalue weighted by Gasteiger charge is -2.36. The first-order valence-electron chi connectivity index (χ1n) is 11.6. The monoisotopic (exact) mass is 516 g/mol. The molecule has 1 unspecified atom stereocenters. The van der Waals surface area contributed by atoms with Crippen LogP contribution in [0.3, 0.4) is 0 Å². The average Bonchev–Trinajstić information content (AvgIpc) is 3.48. The van der Waals surface area contributed by atoms with E-state index in [1.54, 1.807) is 6.20 Å². The Morgan fingerprint density at radius 1 is 1.09 bits per heavy atom. The van der Waals surface area contributed by atoms with E-state index in [-0.39, 0.29) is 5.92 Å². The Labute approximate surface area is 203 Å². The molecule has 1 aliphatic rings. The Kier molecular flexibility index (Phi) is 8.22. The molecule has 2 aromatic heterocycles. The number of aliphatic hydroxyl groups is 1. The van der Waals surface area contributed by atoms with Gasteiger partial charge in [-0.25, -0.2) is 4.98 Å². The third-order valence-corrected chi connectivity index (χ3v) is 8.04. The number of halogens is 1. The molecule has 0 spiro atoms. The summed E-state index contributed by atoms with van der Waals surface area (Å²) in [6.45, 7) is 1.82. The number of aryl methyl sites for hydroxylation is 1. The molecule has 0 radical (unpaired) electrons. The molecule has 0 amide bonds. The fourth-order valence-electron chi connectivity index (χ4n) is 4.73. The number of hydrogen-bond donors (Lipinski definition) is 1. The van der Waals surface area contributed by atoms with Crippen molar-refractivity contribution in [3.05, 3.63) is 75.6 Å². The van der Waals surface area contributed by atoms with Crippen LogP contribution >= 0.6 is 27.3 Å². The van der Waals surface area contributed by atoms with Gasteiger partial charge in [0.2, 0.25) is 5.89 Å². The molecule has 6 heteroatoms. The van der Waals surface area contributed by atoms with E-state index in [9.17, 15) is 5.11 Å². The Hall–Kier alpha value is -1.47. The summed E-state index contributed by atoms with van der Waals surface area (Å²) in [6, 6.07) is 14.4. The molecule has 1 fully saturated rings. The van der Waals surface area contributed by atoms with E-state index in [4.69, 9.17) is 4.42 Å². The molecule has 0 aliphatic heterocycles. The van der Waals surface area contributed by atoms with Crippen LogP contribution in [0.5, 0.6) is 0 Å². The third-order valence-electron chi connectivity index (χ3n) is 6.51. The molecule has 1 saturated carbocycles. The lowest BCUT2D eigenvalue weighted by atomic mass is 9.73. The van der Waals surface area contributed by atoms with Gasteiger partial charge in [0.25, 0.3) is 0 Å². The van der Waals surface area contributed by atoms with Crippen LogP contribution in [0.2, 0.25) is 0 Å². The van der Waals surface area contributed by atoms with Crippen LogP contribution in [-0.4, -0.2) is 33.9 Å². The maximum absolute atomic E-state index is 11.9. The first kappa shape index (κ1) is 23.7. The van der Waals surface area contributed by atoms with Gasteiger partial charge in [-0.15, -0.1) is 11.3 Å². The van der Waals surface area contributed by atoms with Crippen molar-refractivity contribution in [3.8, 4) is 0 Å². The minimum absolute atomic E-state index is 0.139. The van der Waals surface area contributed by atoms with Crippen molar-refractivity contribution in [1.82, 2.24) is 9.88 Å². The zero-order valence-corrected chi connectivity index (χ0v) is 21.2. The van der Waals surface area contributed by atoms with Gasteiger partial charge in [0.1, 0.15) is 5.76 Å². The molecule has 4 rings (SSSR count). The number of aromatic nitrogens is 1. The Morgan fingerprint density at radius 3 is 2.59 bits per heavy atom. The summed E-state index contributed by atoms with van der Waals surface area (Å²) in [5, 5.41) is 12.9. The molecule has 32 heavy (non-hydrogen) atoms. The van der Waals surface area contributed by atoms with Crippen LogP contribution in [0.15, 0.2) is 53.1 Å². The molecule has 1 aliphatic carbocycles. The number of likely N-dealkylation sites (N-methyl/N-ethyl adjacent to an activating group) is 1. The van der Waals surface area contributed by atoms with Gasteiger partial charge in [-0.2, -0.15) is 0 Å². The van der Waals surface area contributed by atoms with Gasteiger partial charge in [-0.1, -0.05) is 65.5 Å². The molecule has 172 valence electrons. The Bertz CT molecular complexity index is 967. The number of rotatable bonds is 10. The molecule has 4 nitrogen and oxygen atoms in total. The summed E-state index contributed by atoms with van der Waals surface area (Å²) in [7, 11) is 2.14. The van der Waals surface area contributed by atoms with Crippen LogP contribution in [0.25, 0.3) is 0 Å². The van der Waals surface area contributed by atoms with E-state index in [0.717, 1.165) is 68.3 Å². The van der Waals surface area contributed by atoms with Gasteiger partial charge in [-0.3, -0.25) is 0 Å². The summed E-state index contributed by atoms with van der Waals surface area (Å²) in [4.78, 5) is 9.71. The number of thiophene rings is 1. The first-order chi connectivity index (χ1) is 15.6. The zero-order valence-electron chi connectivity index (χ0n) is 18.8. The van der Waals surface area contributed by atoms with E-state index in [1.165, 1.54) is 16.2 Å². The fraction of sp³-hybridized carbons (Fsp3) is 0.500. The molecule has 0 saturated heterocycles. The standard InChI is InChI=1S/C26H33BrN2O2S/c1-29(19-24-13-12-23(32-24)14-16-27)17-15-22-18-28-25(31-22)26(30,20-8-4-2-5-9-20)21-10-6-3-7-11-21/h2,4-5,8-9,12-13,18,21,30H,3,6-7,10-11,14-17,19H2,1H3. The minimum atomic E-state index is -1.16. The Morgan fingerprint density at radius 2 is 1.84 bits per heavy atom. The number of hydrogen-bond acceptors (Lipinski definition) is 5. The second-order valence-corrected chi connectivity index (χ2v) is 10.9. The lowest BCUT2D eigenvalue weighted by Crippen LogP contribution is -2.38. The fourth-order valence-corrected chi connectivity index (χ4v) is 6.51. The van der Waals surface area contributed by atoms with Gasteiger partial charge in [-0.05, 0) is 44.0 Å². The second-order valence-electron chi connectivity index (χ2n) is 8.89. The van der Waals surface area contributed by atoms with E-state index < -0.39 is 5.60 Å². The van der Waals surface area contributed by atoms with E-state index in [0.29, 0.717) is 5.89 Å². The van der Waals surface area contributed by atoms with Crippen molar-refractivity contribution in [3.63, 3.8) is 0 Å². The molecule has 1 N–H and O–H groups in total. The highest BCUT2D eigenvalue weighted by Gasteiger charge is 2.44. The molecule has 0 bridgehead atoms. The van der Waals surface area contributed by atoms with Crippen LogP contribution in [0.1, 0.15) is 59.1 Å². The molecule has 3 aromatic rings. The smallest absolute Gasteiger partial charge is 0.231 e. The quantitative estimate of drug-likeness (QED) is 0.327. The Balaban J connectivity index is 1.43. The normalized spacial score (nSPS) is 17.0. The average molecular weight is 518 g/mol. The van der Waals surface area contributed by atoms with Crippen molar-refractivity contribution < 1.29 is 9.52 Å². The van der Waals surface area contributed by atoms with Gasteiger partial charge >= 0.3 is 0 Å². The van der Waals surface area contributed by atoms with Gasteiger partial charge in [0.05, 0.1) is 6.20 Å². The zero-order chi connectivity index (χ0) is 22.4. The molecular weight excluding hydrogens is 484 g/mol. The predicted octanol–water partition coefficient (Wildman–Crippen LogP) is 6.16. The van der Waals surface area contributed by atoms with Crippen LogP contribution in [0, 0.1) is 5.92 Å². The third kappa shape index (κ3) is 5.53. The van der Waals surface area contributed by atoms with Gasteiger partial charge in [0, 0.05) is 40.5 Å². The molecule has 2 heterocycles. The highest BCUT2D eigenvalue weighted by Crippen LogP contribution is 2.43. The van der Waals surface area contributed by atoms with Crippen molar-refractivity contribution >= 4 is 27.3 Å². The van der Waals surface area contributed by atoms with Crippen molar-refractivity contribution in [1.29, 1.82) is 0 Å². The highest BCUT2D eigenvalue weighted by atomic mass is 79.9. The predicted molar refractivity (Wildman–Crippen MR) is 134 cm³/mol. The first-order valence-corrected chi connectivity index (χ1v) is 13.6. The molecular formula is C26H33BrN2O2S. The van der Waals surface area contributed by atoms with E-state index in [2.05, 4.69) is 45.0 Å². The topological polar surface area (TPSA) is 49.5 Å². The largest absolute Gasteiger partial charge is 0.442 e. The summed E-state index contributed by atoms with van der Waals surface area (Å²) < 4.78 is 6.20. The van der Waals surface area contributed by atoms with E-state index >= 15 is 0 Å². The van der Waals surface area contributed by atoms with E-state index in [1.807, 2.05) is 41.7 Å². The van der Waals surface area contributed by atoms with Crippen molar-refractivity contribution in [2.75, 3.05) is 18.9 Å². The number of nitrogens with zero attached hydrogens (tertiary/aromatic N) is 2. The maximum Gasteiger partial charge on any atom is 0.231 e. The SMILES string of the molecule is CN(CCc1cnc(C(O)(c2ccccc2)C2CCCCC2)o1)Cc1ccc(CCBr)s1. The van der Waals surface area contributed by atoms with Gasteiger partial charge in [0.15, 0.2) is 5.60 Å². The van der Waals surface area contributed by atoms with Crippen LogP contribution in [-0.2, 0) is 25.0 Å². The summed E-state index contributed by atoms with van der Waals surface area (Å²) in [5.74, 6) is 1.43. The van der Waals surface area contributed by atoms with Crippen molar-refractivity contribution in [2.45, 2.75) is 57.1 Å². The summed E-state index contributed by atoms with van der Waals surface area (Å²) in [6.07, 6.45) is 9.22. The maximum atomic E-state index is 11.9. The number of oxazole rings is 1. The minimum Gasteiger partial charge on any atom is -0.442 e. The van der Waals surface area contributed by atoms with Crippen LogP contribution in [0.4, 0.5) is 0 Å². The number of alkyl halides is 1. The van der Waals surface area contributed by atoms with Crippen LogP contribution < -0.4 is 0 Å². The van der Waals surface area contributed by atoms with Crippen molar-refractivity contribution in [2.24, 2.45) is 5.92 Å². The molecule has 1 atom stereocenters. The highest BCUT2D eigenvalue weighted by molar-refractivity contribution is 9.09. The number of benzene rings is 1. The second kappa shape index (κ2) is 11.1. The summed E-state index contributed by atoms with van der Waals surface area (Å²) >= 11 is 5.40.